The lowest BCUT2D eigenvalue weighted by atomic mass is 10.2. The highest BCUT2D eigenvalue weighted by atomic mass is 32.2. The molecule has 13 nitrogen and oxygen atoms in total. The third-order valence-corrected chi connectivity index (χ3v) is 7.43. The molecule has 14 heteroatoms. The summed E-state index contributed by atoms with van der Waals surface area (Å²) in [5.41, 5.74) is 0.815. The Kier molecular flexibility index (Phi) is 7.41. The fourth-order valence-corrected chi connectivity index (χ4v) is 5.21. The minimum atomic E-state index is -3.78. The summed E-state index contributed by atoms with van der Waals surface area (Å²) in [6.07, 6.45) is 3.25. The lowest BCUT2D eigenvalue weighted by Crippen LogP contribution is -2.40. The summed E-state index contributed by atoms with van der Waals surface area (Å²) >= 11 is 0. The van der Waals surface area contributed by atoms with Crippen molar-refractivity contribution >= 4 is 33.1 Å². The van der Waals surface area contributed by atoms with Crippen molar-refractivity contribution in [3.63, 3.8) is 0 Å². The molecular formula is C20H26N6O7S. The SMILES string of the molecule is O=C(Cn1ccc([N+](=O)[O-])n1)Nc1cc(S(=O)(=O)N2CCOCC2)ccc1NCC1CCCO1. The normalized spacial score (nSPS) is 19.1. The molecule has 34 heavy (non-hydrogen) atoms. The predicted octanol–water partition coefficient (Wildman–Crippen LogP) is 1.04. The number of amides is 1. The second-order valence-corrected chi connectivity index (χ2v) is 9.85. The van der Waals surface area contributed by atoms with Gasteiger partial charge in [0.2, 0.25) is 15.9 Å². The minimum absolute atomic E-state index is 0.0323. The van der Waals surface area contributed by atoms with E-state index in [1.165, 1.54) is 28.7 Å². The lowest BCUT2D eigenvalue weighted by molar-refractivity contribution is -0.389. The van der Waals surface area contributed by atoms with Crippen LogP contribution in [0.4, 0.5) is 17.2 Å². The van der Waals surface area contributed by atoms with Crippen molar-refractivity contribution in [1.82, 2.24) is 14.1 Å². The van der Waals surface area contributed by atoms with E-state index in [0.717, 1.165) is 17.5 Å². The molecule has 184 valence electrons. The van der Waals surface area contributed by atoms with E-state index in [2.05, 4.69) is 15.7 Å². The monoisotopic (exact) mass is 494 g/mol. The third kappa shape index (κ3) is 5.70. The number of hydrogen-bond acceptors (Lipinski definition) is 9. The summed E-state index contributed by atoms with van der Waals surface area (Å²) in [4.78, 5) is 22.9. The molecule has 2 aromatic rings. The van der Waals surface area contributed by atoms with Gasteiger partial charge in [-0.2, -0.15) is 8.99 Å². The molecule has 0 saturated carbocycles. The molecule has 1 aromatic carbocycles. The van der Waals surface area contributed by atoms with Gasteiger partial charge in [-0.1, -0.05) is 0 Å². The Balaban J connectivity index is 1.54. The molecule has 0 radical (unpaired) electrons. The summed E-state index contributed by atoms with van der Waals surface area (Å²) in [6.45, 7) is 2.06. The van der Waals surface area contributed by atoms with Crippen LogP contribution in [0.3, 0.4) is 0 Å². The number of sulfonamides is 1. The first kappa shape index (κ1) is 24.1. The average molecular weight is 495 g/mol. The molecule has 2 aliphatic heterocycles. The van der Waals surface area contributed by atoms with Gasteiger partial charge in [0, 0.05) is 26.2 Å². The summed E-state index contributed by atoms with van der Waals surface area (Å²) in [6, 6.07) is 5.70. The molecule has 3 heterocycles. The quantitative estimate of drug-likeness (QED) is 0.384. The topological polar surface area (TPSA) is 158 Å². The van der Waals surface area contributed by atoms with Crippen LogP contribution in [-0.4, -0.2) is 78.9 Å². The maximum absolute atomic E-state index is 13.1. The molecule has 2 fully saturated rings. The summed E-state index contributed by atoms with van der Waals surface area (Å²) < 4.78 is 39.6. The zero-order valence-corrected chi connectivity index (χ0v) is 19.2. The van der Waals surface area contributed by atoms with Crippen LogP contribution in [0.25, 0.3) is 0 Å². The van der Waals surface area contributed by atoms with Crippen LogP contribution in [0.15, 0.2) is 35.4 Å². The van der Waals surface area contributed by atoms with Gasteiger partial charge in [-0.3, -0.25) is 4.79 Å². The number of hydrogen-bond donors (Lipinski definition) is 2. The highest BCUT2D eigenvalue weighted by molar-refractivity contribution is 7.89. The predicted molar refractivity (Wildman–Crippen MR) is 121 cm³/mol. The van der Waals surface area contributed by atoms with E-state index in [1.54, 1.807) is 6.07 Å². The van der Waals surface area contributed by atoms with Gasteiger partial charge >= 0.3 is 5.82 Å². The third-order valence-electron chi connectivity index (χ3n) is 5.54. The molecule has 1 atom stereocenters. The highest BCUT2D eigenvalue weighted by Crippen LogP contribution is 2.28. The highest BCUT2D eigenvalue weighted by Gasteiger charge is 2.27. The lowest BCUT2D eigenvalue weighted by Gasteiger charge is -2.26. The number of nitro groups is 1. The van der Waals surface area contributed by atoms with Crippen molar-refractivity contribution in [2.75, 3.05) is 50.1 Å². The van der Waals surface area contributed by atoms with E-state index < -0.39 is 20.9 Å². The molecule has 2 saturated heterocycles. The van der Waals surface area contributed by atoms with E-state index in [0.29, 0.717) is 32.1 Å². The van der Waals surface area contributed by atoms with Crippen molar-refractivity contribution < 1.29 is 27.6 Å². The summed E-state index contributed by atoms with van der Waals surface area (Å²) in [7, 11) is -3.78. The Morgan fingerprint density at radius 1 is 1.21 bits per heavy atom. The van der Waals surface area contributed by atoms with Crippen molar-refractivity contribution in [3.05, 3.63) is 40.6 Å². The smallest absolute Gasteiger partial charge is 0.381 e. The average Bonchev–Trinajstić information content (AvgIpc) is 3.51. The molecule has 2 aliphatic rings. The Bertz CT molecular complexity index is 1140. The van der Waals surface area contributed by atoms with Gasteiger partial charge in [0.25, 0.3) is 0 Å². The zero-order chi connectivity index (χ0) is 24.1. The van der Waals surface area contributed by atoms with Crippen LogP contribution in [0.2, 0.25) is 0 Å². The number of carbonyl (C=O) groups is 1. The molecule has 0 bridgehead atoms. The van der Waals surface area contributed by atoms with Gasteiger partial charge in [0.15, 0.2) is 0 Å². The van der Waals surface area contributed by atoms with E-state index in [-0.39, 0.29) is 42.1 Å². The number of anilines is 2. The number of rotatable bonds is 9. The Hall–Kier alpha value is -3.07. The maximum atomic E-state index is 13.1. The van der Waals surface area contributed by atoms with E-state index in [4.69, 9.17) is 9.47 Å². The van der Waals surface area contributed by atoms with Crippen LogP contribution in [0.1, 0.15) is 12.8 Å². The van der Waals surface area contributed by atoms with Crippen LogP contribution in [-0.2, 0) is 30.8 Å². The van der Waals surface area contributed by atoms with Crippen LogP contribution in [0, 0.1) is 10.1 Å². The van der Waals surface area contributed by atoms with Crippen LogP contribution >= 0.6 is 0 Å². The van der Waals surface area contributed by atoms with Gasteiger partial charge in [0.05, 0.1) is 52.9 Å². The minimum Gasteiger partial charge on any atom is -0.381 e. The number of morpholine rings is 1. The summed E-state index contributed by atoms with van der Waals surface area (Å²) in [5.74, 6) is -0.885. The van der Waals surface area contributed by atoms with Crippen molar-refractivity contribution in [2.24, 2.45) is 0 Å². The Morgan fingerprint density at radius 2 is 2.00 bits per heavy atom. The largest absolute Gasteiger partial charge is 0.389 e. The summed E-state index contributed by atoms with van der Waals surface area (Å²) in [5, 5.41) is 20.5. The Labute approximate surface area is 196 Å². The fraction of sp³-hybridized carbons (Fsp3) is 0.500. The second kappa shape index (κ2) is 10.5. The van der Waals surface area contributed by atoms with E-state index >= 15 is 0 Å². The van der Waals surface area contributed by atoms with Crippen molar-refractivity contribution in [3.8, 4) is 0 Å². The molecule has 4 rings (SSSR count). The second-order valence-electron chi connectivity index (χ2n) is 7.92. The van der Waals surface area contributed by atoms with Gasteiger partial charge in [-0.15, -0.1) is 0 Å². The van der Waals surface area contributed by atoms with E-state index in [9.17, 15) is 23.3 Å². The fourth-order valence-electron chi connectivity index (χ4n) is 3.78. The van der Waals surface area contributed by atoms with Gasteiger partial charge in [-0.05, 0) is 36.0 Å². The molecule has 0 spiro atoms. The number of ether oxygens (including phenoxy) is 2. The molecule has 1 unspecified atom stereocenters. The van der Waals surface area contributed by atoms with Crippen LogP contribution in [0.5, 0.6) is 0 Å². The molecule has 0 aliphatic carbocycles. The van der Waals surface area contributed by atoms with Gasteiger partial charge in [0.1, 0.15) is 6.54 Å². The number of benzene rings is 1. The molecular weight excluding hydrogens is 468 g/mol. The first-order chi connectivity index (χ1) is 16.3. The van der Waals surface area contributed by atoms with Crippen molar-refractivity contribution in [1.29, 1.82) is 0 Å². The Morgan fingerprint density at radius 3 is 2.68 bits per heavy atom. The number of nitrogens with zero attached hydrogens (tertiary/aromatic N) is 4. The molecule has 2 N–H and O–H groups in total. The maximum Gasteiger partial charge on any atom is 0.389 e. The number of nitrogens with one attached hydrogen (secondary N) is 2. The zero-order valence-electron chi connectivity index (χ0n) is 18.4. The first-order valence-corrected chi connectivity index (χ1v) is 12.3. The van der Waals surface area contributed by atoms with Gasteiger partial charge < -0.3 is 30.2 Å². The molecule has 1 aromatic heterocycles. The van der Waals surface area contributed by atoms with Gasteiger partial charge in [-0.25, -0.2) is 8.42 Å². The first-order valence-electron chi connectivity index (χ1n) is 10.9. The van der Waals surface area contributed by atoms with E-state index in [1.807, 2.05) is 0 Å². The van der Waals surface area contributed by atoms with Crippen molar-refractivity contribution in [2.45, 2.75) is 30.4 Å². The standard InChI is InChI=1S/C20H26N6O7S/c27-20(14-24-6-5-19(23-24)26(28)29)22-18-12-16(34(30,31)25-7-10-32-11-8-25)3-4-17(18)21-13-15-2-1-9-33-15/h3-6,12,15,21H,1-2,7-11,13-14H2,(H,22,27). The van der Waals surface area contributed by atoms with Crippen LogP contribution < -0.4 is 10.6 Å². The molecule has 1 amide bonds. The number of aromatic nitrogens is 2. The number of carbonyl (C=O) groups excluding carboxylic acids is 1.